The highest BCUT2D eigenvalue weighted by atomic mass is 16.4. The van der Waals surface area contributed by atoms with E-state index in [0.717, 1.165) is 19.3 Å². The third-order valence-electron chi connectivity index (χ3n) is 4.72. The Kier molecular flexibility index (Phi) is 3.41. The molecule has 2 rings (SSSR count). The van der Waals surface area contributed by atoms with Gasteiger partial charge in [-0.15, -0.1) is 0 Å². The molecule has 2 aliphatic carbocycles. The minimum absolute atomic E-state index is 0.156. The summed E-state index contributed by atoms with van der Waals surface area (Å²) in [7, 11) is 0. The van der Waals surface area contributed by atoms with E-state index in [-0.39, 0.29) is 5.92 Å². The molecule has 0 aliphatic heterocycles. The van der Waals surface area contributed by atoms with Crippen LogP contribution >= 0.6 is 0 Å². The second-order valence-corrected chi connectivity index (χ2v) is 5.74. The van der Waals surface area contributed by atoms with Crippen LogP contribution in [-0.2, 0) is 4.79 Å². The molecular formula is C15H22O2. The molecule has 0 amide bonds. The molecule has 0 aromatic rings. The van der Waals surface area contributed by atoms with Crippen molar-refractivity contribution in [2.45, 2.75) is 46.0 Å². The lowest BCUT2D eigenvalue weighted by Gasteiger charge is -2.19. The summed E-state index contributed by atoms with van der Waals surface area (Å²) in [4.78, 5) is 11.1. The van der Waals surface area contributed by atoms with Gasteiger partial charge in [0.15, 0.2) is 0 Å². The molecule has 2 aliphatic rings. The highest BCUT2D eigenvalue weighted by Crippen LogP contribution is 2.46. The number of carbonyl (C=O) groups is 1. The highest BCUT2D eigenvalue weighted by Gasteiger charge is 2.34. The van der Waals surface area contributed by atoms with Crippen molar-refractivity contribution in [3.05, 3.63) is 23.3 Å². The Hall–Kier alpha value is -1.05. The summed E-state index contributed by atoms with van der Waals surface area (Å²) in [5.74, 6) is 0.746. The molecule has 1 fully saturated rings. The number of carboxylic acid groups (broad SMARTS) is 1. The normalized spacial score (nSPS) is 33.2. The fraction of sp³-hybridized carbons (Fsp3) is 0.667. The quantitative estimate of drug-likeness (QED) is 0.583. The molecule has 17 heavy (non-hydrogen) atoms. The molecule has 0 bridgehead atoms. The van der Waals surface area contributed by atoms with E-state index in [1.807, 2.05) is 0 Å². The number of carboxylic acids is 1. The Morgan fingerprint density at radius 3 is 2.71 bits per heavy atom. The molecule has 0 heterocycles. The van der Waals surface area contributed by atoms with E-state index in [2.05, 4.69) is 20.4 Å². The van der Waals surface area contributed by atoms with Crippen LogP contribution in [0.3, 0.4) is 0 Å². The number of fused-ring (bicyclic) bond motifs is 1. The van der Waals surface area contributed by atoms with Crippen molar-refractivity contribution in [1.82, 2.24) is 0 Å². The zero-order valence-corrected chi connectivity index (χ0v) is 10.8. The molecule has 0 spiro atoms. The molecule has 0 aromatic heterocycles. The summed E-state index contributed by atoms with van der Waals surface area (Å²) >= 11 is 0. The first-order valence-electron chi connectivity index (χ1n) is 6.61. The van der Waals surface area contributed by atoms with Crippen molar-refractivity contribution in [1.29, 1.82) is 0 Å². The van der Waals surface area contributed by atoms with E-state index in [1.165, 1.54) is 18.4 Å². The first-order chi connectivity index (χ1) is 8.00. The van der Waals surface area contributed by atoms with Gasteiger partial charge in [0.1, 0.15) is 0 Å². The molecular weight excluding hydrogens is 212 g/mol. The molecule has 2 heteroatoms. The maximum absolute atomic E-state index is 11.1. The highest BCUT2D eigenvalue weighted by molar-refractivity contribution is 5.86. The zero-order chi connectivity index (χ0) is 12.6. The van der Waals surface area contributed by atoms with Crippen LogP contribution in [0.25, 0.3) is 0 Å². The topological polar surface area (TPSA) is 37.3 Å². The molecule has 3 atom stereocenters. The van der Waals surface area contributed by atoms with Gasteiger partial charge >= 0.3 is 5.97 Å². The van der Waals surface area contributed by atoms with Crippen LogP contribution in [0.2, 0.25) is 0 Å². The summed E-state index contributed by atoms with van der Waals surface area (Å²) in [6.07, 6.45) is 5.54. The van der Waals surface area contributed by atoms with E-state index in [4.69, 9.17) is 5.11 Å². The van der Waals surface area contributed by atoms with Gasteiger partial charge in [0.25, 0.3) is 0 Å². The number of rotatable bonds is 2. The summed E-state index contributed by atoms with van der Waals surface area (Å²) < 4.78 is 0. The summed E-state index contributed by atoms with van der Waals surface area (Å²) in [5.41, 5.74) is 3.46. The van der Waals surface area contributed by atoms with Crippen molar-refractivity contribution < 1.29 is 9.90 Å². The number of hydrogen-bond acceptors (Lipinski definition) is 1. The van der Waals surface area contributed by atoms with Crippen LogP contribution in [0.1, 0.15) is 46.0 Å². The monoisotopic (exact) mass is 234 g/mol. The van der Waals surface area contributed by atoms with E-state index in [9.17, 15) is 4.79 Å². The van der Waals surface area contributed by atoms with Gasteiger partial charge in [-0.2, -0.15) is 0 Å². The van der Waals surface area contributed by atoms with Crippen LogP contribution in [0.4, 0.5) is 0 Å². The predicted octanol–water partition coefficient (Wildman–Crippen LogP) is 3.79. The lowest BCUT2D eigenvalue weighted by Crippen LogP contribution is -2.12. The molecule has 2 nitrogen and oxygen atoms in total. The van der Waals surface area contributed by atoms with Gasteiger partial charge in [-0.25, -0.2) is 4.79 Å². The minimum atomic E-state index is -0.822. The zero-order valence-electron chi connectivity index (χ0n) is 10.8. The molecule has 0 aromatic carbocycles. The van der Waals surface area contributed by atoms with Crippen LogP contribution in [-0.4, -0.2) is 11.1 Å². The molecule has 1 N–H and O–H groups in total. The third kappa shape index (κ3) is 2.31. The molecule has 0 radical (unpaired) electrons. The van der Waals surface area contributed by atoms with Crippen LogP contribution in [0.15, 0.2) is 23.3 Å². The summed E-state index contributed by atoms with van der Waals surface area (Å²) in [6.45, 7) is 8.29. The number of hydrogen-bond donors (Lipinski definition) is 1. The van der Waals surface area contributed by atoms with E-state index < -0.39 is 5.97 Å². The van der Waals surface area contributed by atoms with Gasteiger partial charge in [0.05, 0.1) is 0 Å². The van der Waals surface area contributed by atoms with Crippen molar-refractivity contribution in [3.8, 4) is 0 Å². The van der Waals surface area contributed by atoms with Gasteiger partial charge < -0.3 is 5.11 Å². The second-order valence-electron chi connectivity index (χ2n) is 5.74. The van der Waals surface area contributed by atoms with Crippen LogP contribution < -0.4 is 0 Å². The van der Waals surface area contributed by atoms with Gasteiger partial charge in [0.2, 0.25) is 0 Å². The van der Waals surface area contributed by atoms with Crippen LogP contribution in [0.5, 0.6) is 0 Å². The van der Waals surface area contributed by atoms with Crippen molar-refractivity contribution >= 4 is 5.97 Å². The van der Waals surface area contributed by atoms with Crippen molar-refractivity contribution in [2.75, 3.05) is 0 Å². The first-order valence-corrected chi connectivity index (χ1v) is 6.61. The average Bonchev–Trinajstić information content (AvgIpc) is 2.55. The smallest absolute Gasteiger partial charge is 0.331 e. The lowest BCUT2D eigenvalue weighted by molar-refractivity contribution is -0.133. The maximum atomic E-state index is 11.1. The summed E-state index contributed by atoms with van der Waals surface area (Å²) in [6, 6.07) is 0. The van der Waals surface area contributed by atoms with E-state index in [0.29, 0.717) is 17.4 Å². The Labute approximate surface area is 103 Å². The Morgan fingerprint density at radius 2 is 2.06 bits per heavy atom. The van der Waals surface area contributed by atoms with Crippen molar-refractivity contribution in [2.24, 2.45) is 17.8 Å². The SMILES string of the molecule is C=C(C(=O)O)[C@H]1CC[C@H](C)[C@@H]2CCC(C)=C2C1. The first kappa shape index (κ1) is 12.4. The molecule has 1 saturated carbocycles. The Morgan fingerprint density at radius 1 is 1.35 bits per heavy atom. The fourth-order valence-electron chi connectivity index (χ4n) is 3.48. The van der Waals surface area contributed by atoms with Gasteiger partial charge in [-0.3, -0.25) is 0 Å². The van der Waals surface area contributed by atoms with Gasteiger partial charge in [0, 0.05) is 5.57 Å². The Bertz CT molecular complexity index is 378. The third-order valence-corrected chi connectivity index (χ3v) is 4.72. The predicted molar refractivity (Wildman–Crippen MR) is 68.7 cm³/mol. The van der Waals surface area contributed by atoms with Crippen molar-refractivity contribution in [3.63, 3.8) is 0 Å². The fourth-order valence-corrected chi connectivity index (χ4v) is 3.48. The summed E-state index contributed by atoms with van der Waals surface area (Å²) in [5, 5.41) is 9.08. The van der Waals surface area contributed by atoms with Gasteiger partial charge in [-0.05, 0) is 56.8 Å². The molecule has 94 valence electrons. The van der Waals surface area contributed by atoms with E-state index >= 15 is 0 Å². The molecule has 0 saturated heterocycles. The number of allylic oxidation sites excluding steroid dienone is 2. The minimum Gasteiger partial charge on any atom is -0.478 e. The number of aliphatic carboxylic acids is 1. The van der Waals surface area contributed by atoms with E-state index in [1.54, 1.807) is 5.57 Å². The lowest BCUT2D eigenvalue weighted by atomic mass is 9.86. The average molecular weight is 234 g/mol. The standard InChI is InChI=1S/C15H22O2/c1-9-4-6-12(11(3)15(16)17)8-14-10(2)5-7-13(9)14/h9,12-13H,3-8H2,1-2H3,(H,16,17)/t9-,12-,13-/m0/s1. The second kappa shape index (κ2) is 4.67. The Balaban J connectivity index is 2.22. The largest absolute Gasteiger partial charge is 0.478 e. The van der Waals surface area contributed by atoms with Crippen LogP contribution in [0, 0.1) is 17.8 Å². The maximum Gasteiger partial charge on any atom is 0.331 e. The van der Waals surface area contributed by atoms with Gasteiger partial charge in [-0.1, -0.05) is 24.6 Å². The molecule has 0 unspecified atom stereocenters.